The van der Waals surface area contributed by atoms with Crippen LogP contribution in [0.1, 0.15) is 11.4 Å². The van der Waals surface area contributed by atoms with Gasteiger partial charge in [-0.1, -0.05) is 0 Å². The van der Waals surface area contributed by atoms with Crippen LogP contribution in [0.15, 0.2) is 24.7 Å². The second-order valence-corrected chi connectivity index (χ2v) is 5.23. The van der Waals surface area contributed by atoms with Gasteiger partial charge in [-0.25, -0.2) is 19.9 Å². The summed E-state index contributed by atoms with van der Waals surface area (Å²) in [5.74, 6) is 0.931. The molecule has 0 atom stereocenters. The zero-order chi connectivity index (χ0) is 16.4. The first-order valence-corrected chi connectivity index (χ1v) is 7.12. The minimum atomic E-state index is -4.46. The third-order valence-electron chi connectivity index (χ3n) is 3.61. The first-order chi connectivity index (χ1) is 10.9. The van der Waals surface area contributed by atoms with Gasteiger partial charge in [-0.2, -0.15) is 13.2 Å². The summed E-state index contributed by atoms with van der Waals surface area (Å²) >= 11 is 0. The summed E-state index contributed by atoms with van der Waals surface area (Å²) in [6.45, 7) is 4.22. The molecule has 122 valence electrons. The van der Waals surface area contributed by atoms with E-state index in [1.54, 1.807) is 6.20 Å². The van der Waals surface area contributed by atoms with Gasteiger partial charge in [-0.3, -0.25) is 0 Å². The lowest BCUT2D eigenvalue weighted by atomic mass is 10.3. The van der Waals surface area contributed by atoms with Gasteiger partial charge >= 0.3 is 6.18 Å². The van der Waals surface area contributed by atoms with Gasteiger partial charge < -0.3 is 9.80 Å². The predicted octanol–water partition coefficient (Wildman–Crippen LogP) is 1.92. The lowest BCUT2D eigenvalue weighted by molar-refractivity contribution is -0.141. The standard InChI is InChI=1S/C14H15F3N6/c1-10-2-3-18-13(21-10)23-6-4-22(5-7-23)12-8-11(14(15,16)17)19-9-20-12/h2-3,8-9H,4-7H2,1H3. The highest BCUT2D eigenvalue weighted by Gasteiger charge is 2.33. The topological polar surface area (TPSA) is 58.0 Å². The molecule has 2 aromatic heterocycles. The second kappa shape index (κ2) is 5.98. The number of aromatic nitrogens is 4. The first kappa shape index (κ1) is 15.4. The molecule has 0 amide bonds. The molecule has 1 aliphatic rings. The van der Waals surface area contributed by atoms with Crippen molar-refractivity contribution in [3.05, 3.63) is 36.0 Å². The zero-order valence-corrected chi connectivity index (χ0v) is 12.5. The molecular weight excluding hydrogens is 309 g/mol. The van der Waals surface area contributed by atoms with Crippen LogP contribution >= 0.6 is 0 Å². The van der Waals surface area contributed by atoms with Gasteiger partial charge in [0, 0.05) is 44.1 Å². The summed E-state index contributed by atoms with van der Waals surface area (Å²) in [5.41, 5.74) is -0.0463. The van der Waals surface area contributed by atoms with E-state index >= 15 is 0 Å². The Balaban J connectivity index is 1.70. The summed E-state index contributed by atoms with van der Waals surface area (Å²) in [6, 6.07) is 2.80. The third-order valence-corrected chi connectivity index (χ3v) is 3.61. The molecule has 0 aliphatic carbocycles. The van der Waals surface area contributed by atoms with Crippen LogP contribution in [0.3, 0.4) is 0 Å². The monoisotopic (exact) mass is 324 g/mol. The predicted molar refractivity (Wildman–Crippen MR) is 78.2 cm³/mol. The molecule has 23 heavy (non-hydrogen) atoms. The molecule has 3 heterocycles. The van der Waals surface area contributed by atoms with E-state index in [1.807, 2.05) is 22.8 Å². The van der Waals surface area contributed by atoms with Crippen molar-refractivity contribution in [3.63, 3.8) is 0 Å². The van der Waals surface area contributed by atoms with Gasteiger partial charge in [0.1, 0.15) is 17.8 Å². The molecule has 1 saturated heterocycles. The van der Waals surface area contributed by atoms with Gasteiger partial charge in [-0.15, -0.1) is 0 Å². The molecule has 2 aromatic rings. The lowest BCUT2D eigenvalue weighted by Gasteiger charge is -2.35. The molecule has 0 aromatic carbocycles. The fraction of sp³-hybridized carbons (Fsp3) is 0.429. The first-order valence-electron chi connectivity index (χ1n) is 7.12. The van der Waals surface area contributed by atoms with Crippen molar-refractivity contribution < 1.29 is 13.2 Å². The number of nitrogens with zero attached hydrogens (tertiary/aromatic N) is 6. The molecule has 0 spiro atoms. The SMILES string of the molecule is Cc1ccnc(N2CCN(c3cc(C(F)(F)F)ncn3)CC2)n1. The average Bonchev–Trinajstić information content (AvgIpc) is 2.54. The Hall–Kier alpha value is -2.45. The van der Waals surface area contributed by atoms with Crippen molar-refractivity contribution in [3.8, 4) is 0 Å². The quantitative estimate of drug-likeness (QED) is 0.841. The van der Waals surface area contributed by atoms with Crippen LogP contribution in [0.25, 0.3) is 0 Å². The Morgan fingerprint density at radius 3 is 2.35 bits per heavy atom. The van der Waals surface area contributed by atoms with Crippen molar-refractivity contribution in [1.82, 2.24) is 19.9 Å². The largest absolute Gasteiger partial charge is 0.433 e. The second-order valence-electron chi connectivity index (χ2n) is 5.23. The van der Waals surface area contributed by atoms with Crippen molar-refractivity contribution in [1.29, 1.82) is 0 Å². The summed E-state index contributed by atoms with van der Waals surface area (Å²) in [4.78, 5) is 19.6. The number of anilines is 2. The van der Waals surface area contributed by atoms with Gasteiger partial charge in [0.15, 0.2) is 0 Å². The number of alkyl halides is 3. The van der Waals surface area contributed by atoms with E-state index in [0.717, 1.165) is 18.1 Å². The molecular formula is C14H15F3N6. The number of aryl methyl sites for hydroxylation is 1. The molecule has 0 saturated carbocycles. The van der Waals surface area contributed by atoms with Crippen molar-refractivity contribution in [2.45, 2.75) is 13.1 Å². The van der Waals surface area contributed by atoms with Crippen molar-refractivity contribution in [2.24, 2.45) is 0 Å². The number of hydrogen-bond acceptors (Lipinski definition) is 6. The van der Waals surface area contributed by atoms with Gasteiger partial charge in [-0.05, 0) is 13.0 Å². The molecule has 9 heteroatoms. The third kappa shape index (κ3) is 3.49. The van der Waals surface area contributed by atoms with Crippen LogP contribution in [0, 0.1) is 6.92 Å². The fourth-order valence-electron chi connectivity index (χ4n) is 2.40. The normalized spacial score (nSPS) is 15.8. The molecule has 6 nitrogen and oxygen atoms in total. The maximum absolute atomic E-state index is 12.7. The van der Waals surface area contributed by atoms with Crippen LogP contribution in [0.5, 0.6) is 0 Å². The average molecular weight is 324 g/mol. The Labute approximate surface area is 131 Å². The number of piperazine rings is 1. The van der Waals surface area contributed by atoms with Crippen LogP contribution < -0.4 is 9.80 Å². The molecule has 3 rings (SSSR count). The summed E-state index contributed by atoms with van der Waals surface area (Å²) in [5, 5.41) is 0. The van der Waals surface area contributed by atoms with Crippen LogP contribution in [0.2, 0.25) is 0 Å². The van der Waals surface area contributed by atoms with E-state index in [-0.39, 0.29) is 5.82 Å². The van der Waals surface area contributed by atoms with Crippen LogP contribution in [-0.2, 0) is 6.18 Å². The Morgan fingerprint density at radius 2 is 1.70 bits per heavy atom. The van der Waals surface area contributed by atoms with E-state index in [9.17, 15) is 13.2 Å². The van der Waals surface area contributed by atoms with Crippen LogP contribution in [0.4, 0.5) is 24.9 Å². The highest BCUT2D eigenvalue weighted by atomic mass is 19.4. The van der Waals surface area contributed by atoms with Crippen LogP contribution in [-0.4, -0.2) is 46.1 Å². The Morgan fingerprint density at radius 1 is 1.00 bits per heavy atom. The lowest BCUT2D eigenvalue weighted by Crippen LogP contribution is -2.47. The number of hydrogen-bond donors (Lipinski definition) is 0. The zero-order valence-electron chi connectivity index (χ0n) is 12.5. The van der Waals surface area contributed by atoms with E-state index in [0.29, 0.717) is 32.1 Å². The molecule has 0 bridgehead atoms. The highest BCUT2D eigenvalue weighted by Crippen LogP contribution is 2.29. The molecule has 0 N–H and O–H groups in total. The van der Waals surface area contributed by atoms with E-state index in [2.05, 4.69) is 19.9 Å². The van der Waals surface area contributed by atoms with Gasteiger partial charge in [0.05, 0.1) is 0 Å². The molecule has 0 radical (unpaired) electrons. The molecule has 1 aliphatic heterocycles. The van der Waals surface area contributed by atoms with Crippen molar-refractivity contribution >= 4 is 11.8 Å². The van der Waals surface area contributed by atoms with E-state index in [1.165, 1.54) is 0 Å². The fourth-order valence-corrected chi connectivity index (χ4v) is 2.40. The van der Waals surface area contributed by atoms with Gasteiger partial charge in [0.2, 0.25) is 5.95 Å². The van der Waals surface area contributed by atoms with Gasteiger partial charge in [0.25, 0.3) is 0 Å². The number of halogens is 3. The minimum absolute atomic E-state index is 0.289. The maximum Gasteiger partial charge on any atom is 0.433 e. The summed E-state index contributed by atoms with van der Waals surface area (Å²) in [7, 11) is 0. The highest BCUT2D eigenvalue weighted by molar-refractivity contribution is 5.43. The summed E-state index contributed by atoms with van der Waals surface area (Å²) in [6.07, 6.45) is -1.81. The Kier molecular flexibility index (Phi) is 4.01. The van der Waals surface area contributed by atoms with E-state index in [4.69, 9.17) is 0 Å². The van der Waals surface area contributed by atoms with Crippen molar-refractivity contribution in [2.75, 3.05) is 36.0 Å². The molecule has 0 unspecified atom stereocenters. The molecule has 1 fully saturated rings. The number of rotatable bonds is 2. The maximum atomic E-state index is 12.7. The smallest absolute Gasteiger partial charge is 0.353 e. The summed E-state index contributed by atoms with van der Waals surface area (Å²) < 4.78 is 38.2. The Bertz CT molecular complexity index is 682. The minimum Gasteiger partial charge on any atom is -0.353 e. The van der Waals surface area contributed by atoms with E-state index < -0.39 is 11.9 Å².